The van der Waals surface area contributed by atoms with E-state index in [0.717, 1.165) is 13.8 Å². The SMILES string of the molecule is CC(=O)OC[C@H]1O[C@H](F)[C@H](Br)[C@@H](OC(C)=O)[C@@H]1OC(C)=O. The van der Waals surface area contributed by atoms with Crippen LogP contribution in [0.5, 0.6) is 0 Å². The van der Waals surface area contributed by atoms with E-state index in [2.05, 4.69) is 15.9 Å². The first-order valence-electron chi connectivity index (χ1n) is 6.13. The Kier molecular flexibility index (Phi) is 6.53. The molecule has 0 N–H and O–H groups in total. The Balaban J connectivity index is 2.94. The van der Waals surface area contributed by atoms with Gasteiger partial charge >= 0.3 is 17.9 Å². The molecular weight excluding hydrogens is 355 g/mol. The zero-order valence-electron chi connectivity index (χ0n) is 11.7. The van der Waals surface area contributed by atoms with Crippen molar-refractivity contribution < 1.29 is 37.7 Å². The van der Waals surface area contributed by atoms with Crippen LogP contribution < -0.4 is 0 Å². The van der Waals surface area contributed by atoms with Crippen LogP contribution in [0.15, 0.2) is 0 Å². The number of halogens is 2. The van der Waals surface area contributed by atoms with E-state index in [-0.39, 0.29) is 6.61 Å². The second kappa shape index (κ2) is 7.69. The first-order valence-corrected chi connectivity index (χ1v) is 7.05. The first kappa shape index (κ1) is 17.8. The van der Waals surface area contributed by atoms with E-state index in [9.17, 15) is 18.8 Å². The van der Waals surface area contributed by atoms with Crippen LogP contribution in [0.4, 0.5) is 4.39 Å². The van der Waals surface area contributed by atoms with E-state index in [0.29, 0.717) is 0 Å². The van der Waals surface area contributed by atoms with Gasteiger partial charge in [-0.2, -0.15) is 0 Å². The Bertz CT molecular complexity index is 416. The van der Waals surface area contributed by atoms with Crippen LogP contribution in [-0.2, 0) is 33.3 Å². The average Bonchev–Trinajstić information content (AvgIpc) is 2.35. The number of rotatable bonds is 4. The molecule has 0 radical (unpaired) electrons. The minimum atomic E-state index is -1.82. The van der Waals surface area contributed by atoms with Crippen LogP contribution >= 0.6 is 15.9 Å². The van der Waals surface area contributed by atoms with Crippen molar-refractivity contribution in [2.45, 2.75) is 50.3 Å². The molecule has 1 heterocycles. The highest BCUT2D eigenvalue weighted by molar-refractivity contribution is 9.09. The summed E-state index contributed by atoms with van der Waals surface area (Å²) in [5, 5.41) is 0. The standard InChI is InChI=1S/C12H16BrFO7/c1-5(15)18-4-8-10(19-6(2)16)11(20-7(3)17)9(13)12(14)21-8/h8-12H,4H2,1-3H3/t8-,9-,10-,11-,12+/m1/s1. The molecule has 120 valence electrons. The lowest BCUT2D eigenvalue weighted by atomic mass is 10.0. The molecule has 0 bridgehead atoms. The number of esters is 3. The summed E-state index contributed by atoms with van der Waals surface area (Å²) in [6.45, 7) is 3.14. The minimum absolute atomic E-state index is 0.328. The van der Waals surface area contributed by atoms with E-state index in [1.165, 1.54) is 6.92 Å². The maximum absolute atomic E-state index is 13.8. The summed E-state index contributed by atoms with van der Waals surface area (Å²) < 4.78 is 33.6. The Morgan fingerprint density at radius 1 is 1.05 bits per heavy atom. The summed E-state index contributed by atoms with van der Waals surface area (Å²) in [5.74, 6) is -1.92. The fourth-order valence-corrected chi connectivity index (χ4v) is 2.39. The number of ether oxygens (including phenoxy) is 4. The zero-order valence-corrected chi connectivity index (χ0v) is 13.3. The summed E-state index contributed by atoms with van der Waals surface area (Å²) in [6.07, 6.45) is -5.09. The highest BCUT2D eigenvalue weighted by Crippen LogP contribution is 2.31. The van der Waals surface area contributed by atoms with Gasteiger partial charge in [-0.25, -0.2) is 4.39 Å². The summed E-state index contributed by atoms with van der Waals surface area (Å²) in [7, 11) is 0. The van der Waals surface area contributed by atoms with Gasteiger partial charge in [0.05, 0.1) is 0 Å². The molecule has 1 aliphatic rings. The predicted octanol–water partition coefficient (Wildman–Crippen LogP) is 0.871. The Hall–Kier alpha value is -1.22. The summed E-state index contributed by atoms with van der Waals surface area (Å²) in [4.78, 5) is 32.1. The molecule has 0 amide bonds. The normalized spacial score (nSPS) is 32.1. The second-order valence-electron chi connectivity index (χ2n) is 4.42. The maximum atomic E-state index is 13.8. The molecule has 21 heavy (non-hydrogen) atoms. The van der Waals surface area contributed by atoms with Gasteiger partial charge in [-0.05, 0) is 0 Å². The zero-order chi connectivity index (χ0) is 16.2. The van der Waals surface area contributed by atoms with Crippen molar-refractivity contribution in [3.8, 4) is 0 Å². The molecule has 1 aliphatic heterocycles. The van der Waals surface area contributed by atoms with Gasteiger partial charge in [-0.3, -0.25) is 14.4 Å². The van der Waals surface area contributed by atoms with Gasteiger partial charge in [0.1, 0.15) is 17.5 Å². The molecule has 1 saturated heterocycles. The Morgan fingerprint density at radius 3 is 2.05 bits per heavy atom. The smallest absolute Gasteiger partial charge is 0.303 e. The molecule has 0 aromatic heterocycles. The van der Waals surface area contributed by atoms with Crippen molar-refractivity contribution in [1.82, 2.24) is 0 Å². The van der Waals surface area contributed by atoms with Crippen LogP contribution in [0.1, 0.15) is 20.8 Å². The molecule has 0 saturated carbocycles. The highest BCUT2D eigenvalue weighted by Gasteiger charge is 2.49. The molecule has 0 aliphatic carbocycles. The topological polar surface area (TPSA) is 88.1 Å². The molecule has 5 atom stereocenters. The predicted molar refractivity (Wildman–Crippen MR) is 70.2 cm³/mol. The monoisotopic (exact) mass is 370 g/mol. The third-order valence-corrected chi connectivity index (χ3v) is 3.55. The van der Waals surface area contributed by atoms with Gasteiger partial charge in [-0.1, -0.05) is 15.9 Å². The molecule has 7 nitrogen and oxygen atoms in total. The summed E-state index contributed by atoms with van der Waals surface area (Å²) in [6, 6.07) is 0. The number of hydrogen-bond acceptors (Lipinski definition) is 7. The summed E-state index contributed by atoms with van der Waals surface area (Å²) in [5.41, 5.74) is 0. The average molecular weight is 371 g/mol. The molecule has 0 unspecified atom stereocenters. The molecule has 1 rings (SSSR count). The second-order valence-corrected chi connectivity index (χ2v) is 5.48. The molecular formula is C12H16BrFO7. The van der Waals surface area contributed by atoms with Gasteiger partial charge in [0.25, 0.3) is 0 Å². The molecule has 0 aromatic rings. The van der Waals surface area contributed by atoms with E-state index in [1.807, 2.05) is 0 Å². The number of carbonyl (C=O) groups excluding carboxylic acids is 3. The van der Waals surface area contributed by atoms with E-state index in [4.69, 9.17) is 18.9 Å². The van der Waals surface area contributed by atoms with Gasteiger partial charge in [-0.15, -0.1) is 0 Å². The Morgan fingerprint density at radius 2 is 1.57 bits per heavy atom. The lowest BCUT2D eigenvalue weighted by Gasteiger charge is -2.40. The third-order valence-electron chi connectivity index (χ3n) is 2.61. The van der Waals surface area contributed by atoms with Crippen molar-refractivity contribution in [3.63, 3.8) is 0 Å². The first-order chi connectivity index (χ1) is 9.72. The van der Waals surface area contributed by atoms with Crippen LogP contribution in [0.25, 0.3) is 0 Å². The van der Waals surface area contributed by atoms with Crippen LogP contribution in [0.2, 0.25) is 0 Å². The third kappa shape index (κ3) is 5.24. The van der Waals surface area contributed by atoms with Gasteiger partial charge in [0, 0.05) is 20.8 Å². The lowest BCUT2D eigenvalue weighted by Crippen LogP contribution is -2.58. The van der Waals surface area contributed by atoms with Gasteiger partial charge < -0.3 is 18.9 Å². The highest BCUT2D eigenvalue weighted by atomic mass is 79.9. The quantitative estimate of drug-likeness (QED) is 0.412. The molecule has 0 aromatic carbocycles. The van der Waals surface area contributed by atoms with Crippen molar-refractivity contribution in [1.29, 1.82) is 0 Å². The van der Waals surface area contributed by atoms with Gasteiger partial charge in [0.2, 0.25) is 6.36 Å². The molecule has 1 fully saturated rings. The molecule has 0 spiro atoms. The largest absolute Gasteiger partial charge is 0.463 e. The maximum Gasteiger partial charge on any atom is 0.303 e. The van der Waals surface area contributed by atoms with Crippen molar-refractivity contribution >= 4 is 33.8 Å². The van der Waals surface area contributed by atoms with Gasteiger partial charge in [0.15, 0.2) is 12.2 Å². The minimum Gasteiger partial charge on any atom is -0.463 e. The van der Waals surface area contributed by atoms with Crippen molar-refractivity contribution in [2.24, 2.45) is 0 Å². The molecule has 9 heteroatoms. The summed E-state index contributed by atoms with van der Waals surface area (Å²) >= 11 is 3.01. The van der Waals surface area contributed by atoms with Crippen LogP contribution in [0.3, 0.4) is 0 Å². The van der Waals surface area contributed by atoms with Crippen LogP contribution in [-0.4, -0.2) is 54.0 Å². The van der Waals surface area contributed by atoms with E-state index >= 15 is 0 Å². The fraction of sp³-hybridized carbons (Fsp3) is 0.750. The number of hydrogen-bond donors (Lipinski definition) is 0. The van der Waals surface area contributed by atoms with E-state index < -0.39 is 47.4 Å². The van der Waals surface area contributed by atoms with E-state index in [1.54, 1.807) is 0 Å². The fourth-order valence-electron chi connectivity index (χ4n) is 1.85. The number of alkyl halides is 2. The van der Waals surface area contributed by atoms with Crippen LogP contribution in [0, 0.1) is 0 Å². The van der Waals surface area contributed by atoms with Crippen molar-refractivity contribution in [3.05, 3.63) is 0 Å². The lowest BCUT2D eigenvalue weighted by molar-refractivity contribution is -0.230. The Labute approximate surface area is 129 Å². The van der Waals surface area contributed by atoms with Crippen molar-refractivity contribution in [2.75, 3.05) is 6.61 Å². The number of carbonyl (C=O) groups is 3.